The Morgan fingerprint density at radius 3 is 2.34 bits per heavy atom. The Kier molecular flexibility index (Phi) is 11.9. The van der Waals surface area contributed by atoms with Crippen molar-refractivity contribution in [3.63, 3.8) is 0 Å². The molecule has 0 saturated heterocycles. The average Bonchev–Trinajstić information content (AvgIpc) is 2.84. The number of carbonyl (C=O) groups is 2. The highest BCUT2D eigenvalue weighted by atomic mass is 19.1. The third kappa shape index (κ3) is 9.95. The molecule has 0 radical (unpaired) electrons. The molecule has 0 aliphatic heterocycles. The SMILES string of the molecule is C=c1cc(OCCNC)cc(F)/c1=C(/N=C\C)Nc1ccc(NC(=O)CC(=O)NCC(C)(C)COC)cc1. The number of carbonyl (C=O) groups excluding carboxylic acids is 2. The lowest BCUT2D eigenvalue weighted by Gasteiger charge is -2.23. The first-order valence-corrected chi connectivity index (χ1v) is 12.3. The zero-order valence-electron chi connectivity index (χ0n) is 22.7. The molecule has 2 rings (SSSR count). The first kappa shape index (κ1) is 30.5. The topological polar surface area (TPSA) is 113 Å². The summed E-state index contributed by atoms with van der Waals surface area (Å²) < 4.78 is 25.7. The molecule has 2 aromatic carbocycles. The van der Waals surface area contributed by atoms with Crippen molar-refractivity contribution in [2.24, 2.45) is 10.4 Å². The van der Waals surface area contributed by atoms with Crippen LogP contribution in [0.4, 0.5) is 15.8 Å². The fraction of sp³-hybridized carbons (Fsp3) is 0.393. The Hall–Kier alpha value is -3.76. The molecule has 206 valence electrons. The van der Waals surface area contributed by atoms with Crippen LogP contribution in [0.2, 0.25) is 0 Å². The molecule has 0 aromatic heterocycles. The molecule has 0 heterocycles. The number of hydrogen-bond acceptors (Lipinski definition) is 7. The summed E-state index contributed by atoms with van der Waals surface area (Å²) in [6, 6.07) is 9.74. The monoisotopic (exact) mass is 527 g/mol. The van der Waals surface area contributed by atoms with Crippen LogP contribution in [0.15, 0.2) is 41.4 Å². The quantitative estimate of drug-likeness (QED) is 0.170. The van der Waals surface area contributed by atoms with Gasteiger partial charge in [0, 0.05) is 49.3 Å². The predicted molar refractivity (Wildman–Crippen MR) is 150 cm³/mol. The summed E-state index contributed by atoms with van der Waals surface area (Å²) in [7, 11) is 3.41. The maximum absolute atomic E-state index is 15.0. The Morgan fingerprint density at radius 2 is 1.76 bits per heavy atom. The number of likely N-dealkylation sites (N-methyl/N-ethyl adjacent to an activating group) is 1. The lowest BCUT2D eigenvalue weighted by Crippen LogP contribution is -2.37. The Labute approximate surface area is 223 Å². The van der Waals surface area contributed by atoms with Gasteiger partial charge in [0.15, 0.2) is 0 Å². The number of ether oxygens (including phenoxy) is 2. The van der Waals surface area contributed by atoms with Gasteiger partial charge in [-0.25, -0.2) is 9.38 Å². The van der Waals surface area contributed by atoms with Crippen LogP contribution in [0.5, 0.6) is 5.75 Å². The number of benzene rings is 2. The number of hydrogen-bond donors (Lipinski definition) is 4. The van der Waals surface area contributed by atoms with Crippen LogP contribution >= 0.6 is 0 Å². The number of anilines is 2. The van der Waals surface area contributed by atoms with Gasteiger partial charge in [-0.1, -0.05) is 20.4 Å². The molecule has 0 aliphatic rings. The molecule has 0 saturated carbocycles. The summed E-state index contributed by atoms with van der Waals surface area (Å²) in [5.41, 5.74) is 0.900. The molecule has 10 heteroatoms. The third-order valence-electron chi connectivity index (χ3n) is 5.31. The number of methoxy groups -OCH3 is 1. The molecular formula is C28H38FN5O4. The minimum Gasteiger partial charge on any atom is -0.492 e. The Bertz CT molecular complexity index is 1230. The van der Waals surface area contributed by atoms with Crippen molar-refractivity contribution in [3.05, 3.63) is 52.7 Å². The van der Waals surface area contributed by atoms with Gasteiger partial charge in [0.1, 0.15) is 30.4 Å². The lowest BCUT2D eigenvalue weighted by molar-refractivity contribution is -0.127. The highest BCUT2D eigenvalue weighted by Gasteiger charge is 2.19. The number of halogens is 1. The molecule has 0 spiro atoms. The summed E-state index contributed by atoms with van der Waals surface area (Å²) in [5.74, 6) is -0.652. The van der Waals surface area contributed by atoms with E-state index in [1.165, 1.54) is 6.07 Å². The molecule has 9 nitrogen and oxygen atoms in total. The number of nitrogens with one attached hydrogen (secondary N) is 4. The number of amides is 2. The van der Waals surface area contributed by atoms with E-state index in [-0.39, 0.29) is 28.8 Å². The van der Waals surface area contributed by atoms with Crippen LogP contribution in [0.25, 0.3) is 12.4 Å². The van der Waals surface area contributed by atoms with Gasteiger partial charge >= 0.3 is 0 Å². The number of aliphatic imine (C=N–C) groups is 1. The summed E-state index contributed by atoms with van der Waals surface area (Å²) >= 11 is 0. The van der Waals surface area contributed by atoms with Crippen molar-refractivity contribution >= 4 is 41.8 Å². The van der Waals surface area contributed by atoms with Crippen molar-refractivity contribution in [3.8, 4) is 5.75 Å². The van der Waals surface area contributed by atoms with Gasteiger partial charge in [0.05, 0.1) is 11.8 Å². The molecule has 4 N–H and O–H groups in total. The fourth-order valence-corrected chi connectivity index (χ4v) is 3.51. The molecule has 2 aromatic rings. The molecular weight excluding hydrogens is 489 g/mol. The second kappa shape index (κ2) is 14.8. The van der Waals surface area contributed by atoms with E-state index in [2.05, 4.69) is 32.8 Å². The third-order valence-corrected chi connectivity index (χ3v) is 5.31. The van der Waals surface area contributed by atoms with Crippen molar-refractivity contribution in [1.82, 2.24) is 10.6 Å². The van der Waals surface area contributed by atoms with Crippen LogP contribution in [0.3, 0.4) is 0 Å². The maximum Gasteiger partial charge on any atom is 0.233 e. The molecule has 0 unspecified atom stereocenters. The van der Waals surface area contributed by atoms with Gasteiger partial charge in [-0.2, -0.15) is 0 Å². The summed E-state index contributed by atoms with van der Waals surface area (Å²) in [5, 5.41) is 12.2. The van der Waals surface area contributed by atoms with Crippen LogP contribution in [-0.2, 0) is 14.3 Å². The minimum absolute atomic E-state index is 0.223. The zero-order valence-corrected chi connectivity index (χ0v) is 22.7. The van der Waals surface area contributed by atoms with E-state index in [9.17, 15) is 9.59 Å². The normalized spacial score (nSPS) is 12.3. The van der Waals surface area contributed by atoms with Crippen LogP contribution in [0, 0.1) is 11.2 Å². The van der Waals surface area contributed by atoms with Gasteiger partial charge < -0.3 is 30.7 Å². The van der Waals surface area contributed by atoms with Gasteiger partial charge in [-0.3, -0.25) is 9.59 Å². The smallest absolute Gasteiger partial charge is 0.233 e. The average molecular weight is 528 g/mol. The van der Waals surface area contributed by atoms with Crippen molar-refractivity contribution < 1.29 is 23.5 Å². The molecule has 0 atom stereocenters. The minimum atomic E-state index is -0.516. The highest BCUT2D eigenvalue weighted by molar-refractivity contribution is 6.03. The van der Waals surface area contributed by atoms with Crippen molar-refractivity contribution in [2.75, 3.05) is 51.1 Å². The lowest BCUT2D eigenvalue weighted by atomic mass is 9.95. The van der Waals surface area contributed by atoms with Gasteiger partial charge in [-0.05, 0) is 49.5 Å². The maximum atomic E-state index is 15.0. The van der Waals surface area contributed by atoms with E-state index in [1.54, 1.807) is 50.6 Å². The van der Waals surface area contributed by atoms with E-state index in [4.69, 9.17) is 9.47 Å². The zero-order chi connectivity index (χ0) is 28.1. The number of rotatable bonds is 14. The van der Waals surface area contributed by atoms with Gasteiger partial charge in [-0.15, -0.1) is 0 Å². The first-order valence-electron chi connectivity index (χ1n) is 12.3. The number of nitrogens with zero attached hydrogens (tertiary/aromatic N) is 1. The molecule has 0 aliphatic carbocycles. The van der Waals surface area contributed by atoms with E-state index in [1.807, 2.05) is 20.9 Å². The molecule has 0 bridgehead atoms. The fourth-order valence-electron chi connectivity index (χ4n) is 3.51. The first-order chi connectivity index (χ1) is 18.1. The van der Waals surface area contributed by atoms with E-state index < -0.39 is 11.7 Å². The van der Waals surface area contributed by atoms with E-state index in [0.717, 1.165) is 0 Å². The molecule has 0 fully saturated rings. The largest absolute Gasteiger partial charge is 0.492 e. The van der Waals surface area contributed by atoms with Gasteiger partial charge in [0.25, 0.3) is 0 Å². The molecule has 38 heavy (non-hydrogen) atoms. The van der Waals surface area contributed by atoms with E-state index in [0.29, 0.717) is 48.6 Å². The molecule has 2 amide bonds. The van der Waals surface area contributed by atoms with Gasteiger partial charge in [0.2, 0.25) is 11.8 Å². The summed E-state index contributed by atoms with van der Waals surface area (Å²) in [6.45, 7) is 11.5. The predicted octanol–water partition coefficient (Wildman–Crippen LogP) is 2.22. The van der Waals surface area contributed by atoms with Crippen LogP contribution < -0.4 is 36.4 Å². The highest BCUT2D eigenvalue weighted by Crippen LogP contribution is 2.17. The summed E-state index contributed by atoms with van der Waals surface area (Å²) in [6.07, 6.45) is 1.25. The second-order valence-corrected chi connectivity index (χ2v) is 9.43. The standard InChI is InChI=1S/C28H38FN5O4/c1-7-31-27(26-19(2)14-22(15-23(26)29)38-13-12-30-5)34-21-10-8-20(9-11-21)33-25(36)16-24(35)32-17-28(3,4)18-37-6/h7-11,14-15,30,34H,2,12-13,16-18H2,1,3-6H3,(H,32,35)(H,33,36)/b27-26-,31-7-. The van der Waals surface area contributed by atoms with Crippen LogP contribution in [0.1, 0.15) is 27.2 Å². The second-order valence-electron chi connectivity index (χ2n) is 9.43. The summed E-state index contributed by atoms with van der Waals surface area (Å²) in [4.78, 5) is 28.7. The van der Waals surface area contributed by atoms with Crippen molar-refractivity contribution in [1.29, 1.82) is 0 Å². The Balaban J connectivity index is 2.08. The van der Waals surface area contributed by atoms with Crippen LogP contribution in [-0.4, -0.2) is 58.5 Å². The van der Waals surface area contributed by atoms with Crippen molar-refractivity contribution in [2.45, 2.75) is 27.2 Å². The van der Waals surface area contributed by atoms with E-state index >= 15 is 4.39 Å². The Morgan fingerprint density at radius 1 is 1.11 bits per heavy atom.